The predicted octanol–water partition coefficient (Wildman–Crippen LogP) is 5.15. The first-order chi connectivity index (χ1) is 13.8. The number of halogens is 3. The summed E-state index contributed by atoms with van der Waals surface area (Å²) in [5, 5.41) is 3.88. The van der Waals surface area contributed by atoms with E-state index in [9.17, 15) is 9.59 Å². The molecule has 1 saturated heterocycles. The summed E-state index contributed by atoms with van der Waals surface area (Å²) in [5.74, 6) is -0.126. The lowest BCUT2D eigenvalue weighted by Gasteiger charge is -2.37. The Balaban J connectivity index is 1.79. The average Bonchev–Trinajstić information content (AvgIpc) is 2.69. The molecule has 0 aromatic heterocycles. The Bertz CT molecular complexity index is 928. The summed E-state index contributed by atoms with van der Waals surface area (Å²) in [5.41, 5.74) is 1.92. The largest absolute Gasteiger partial charge is 0.366 e. The average molecular weight is 546 g/mol. The van der Waals surface area contributed by atoms with Gasteiger partial charge < -0.3 is 15.1 Å². The van der Waals surface area contributed by atoms with Crippen molar-refractivity contribution in [2.45, 2.75) is 13.8 Å². The first-order valence-electron chi connectivity index (χ1n) is 9.36. The van der Waals surface area contributed by atoms with Crippen LogP contribution in [0.5, 0.6) is 0 Å². The highest BCUT2D eigenvalue weighted by Gasteiger charge is 2.24. The summed E-state index contributed by atoms with van der Waals surface area (Å²) < 4.78 is 0.925. The van der Waals surface area contributed by atoms with Crippen LogP contribution < -0.4 is 10.2 Å². The Hall–Kier alpha value is -1.51. The van der Waals surface area contributed by atoms with Crippen LogP contribution in [0.25, 0.3) is 0 Å². The highest BCUT2D eigenvalue weighted by Crippen LogP contribution is 2.31. The lowest BCUT2D eigenvalue weighted by molar-refractivity contribution is -0.134. The minimum atomic E-state index is -0.286. The molecule has 3 rings (SSSR count). The summed E-state index contributed by atoms with van der Waals surface area (Å²) in [4.78, 5) is 29.1. The van der Waals surface area contributed by atoms with E-state index in [1.54, 1.807) is 24.3 Å². The number of hydrogen-bond donors (Lipinski definition) is 1. The van der Waals surface area contributed by atoms with Crippen LogP contribution in [-0.2, 0) is 4.79 Å². The third-order valence-corrected chi connectivity index (χ3v) is 6.04. The minimum absolute atomic E-state index is 0.00894. The minimum Gasteiger partial charge on any atom is -0.366 e. The van der Waals surface area contributed by atoms with Crippen LogP contribution in [0, 0.1) is 9.49 Å². The molecule has 0 atom stereocenters. The molecule has 1 aliphatic heterocycles. The van der Waals surface area contributed by atoms with Crippen molar-refractivity contribution < 1.29 is 9.59 Å². The second-order valence-electron chi connectivity index (χ2n) is 7.21. The van der Waals surface area contributed by atoms with Gasteiger partial charge in [-0.15, -0.1) is 0 Å². The van der Waals surface area contributed by atoms with E-state index in [4.69, 9.17) is 23.2 Å². The van der Waals surface area contributed by atoms with Gasteiger partial charge in [0, 0.05) is 40.7 Å². The topological polar surface area (TPSA) is 52.7 Å². The van der Waals surface area contributed by atoms with Crippen molar-refractivity contribution in [1.29, 1.82) is 0 Å². The number of carbonyl (C=O) groups is 2. The number of nitrogens with zero attached hydrogens (tertiary/aromatic N) is 2. The summed E-state index contributed by atoms with van der Waals surface area (Å²) >= 11 is 14.5. The Morgan fingerprint density at radius 2 is 1.72 bits per heavy atom. The second-order valence-corrected chi connectivity index (χ2v) is 9.30. The van der Waals surface area contributed by atoms with Crippen molar-refractivity contribution >= 4 is 69.0 Å². The zero-order valence-electron chi connectivity index (χ0n) is 16.2. The van der Waals surface area contributed by atoms with E-state index >= 15 is 0 Å². The van der Waals surface area contributed by atoms with E-state index in [-0.39, 0.29) is 17.7 Å². The third kappa shape index (κ3) is 5.35. The zero-order chi connectivity index (χ0) is 21.1. The fourth-order valence-corrected chi connectivity index (χ4v) is 4.14. The highest BCUT2D eigenvalue weighted by atomic mass is 127. The van der Waals surface area contributed by atoms with Gasteiger partial charge in [0.05, 0.1) is 22.0 Å². The van der Waals surface area contributed by atoms with E-state index < -0.39 is 0 Å². The Labute approximate surface area is 194 Å². The van der Waals surface area contributed by atoms with E-state index in [1.165, 1.54) is 0 Å². The third-order valence-electron chi connectivity index (χ3n) is 4.81. The molecule has 0 unspecified atom stereocenters. The number of carbonyl (C=O) groups excluding carboxylic acids is 2. The van der Waals surface area contributed by atoms with Crippen molar-refractivity contribution in [2.24, 2.45) is 5.92 Å². The molecule has 8 heteroatoms. The molecule has 0 bridgehead atoms. The fourth-order valence-electron chi connectivity index (χ4n) is 3.28. The van der Waals surface area contributed by atoms with Crippen LogP contribution in [-0.4, -0.2) is 42.9 Å². The summed E-state index contributed by atoms with van der Waals surface area (Å²) in [6.45, 7) is 6.50. The number of amides is 2. The monoisotopic (exact) mass is 545 g/mol. The molecule has 2 amide bonds. The normalized spacial score (nSPS) is 14.3. The number of hydrogen-bond acceptors (Lipinski definition) is 3. The van der Waals surface area contributed by atoms with Gasteiger partial charge in [-0.05, 0) is 59.0 Å². The number of benzene rings is 2. The van der Waals surface area contributed by atoms with Crippen molar-refractivity contribution in [3.05, 3.63) is 55.6 Å². The molecule has 0 aliphatic carbocycles. The molecule has 1 heterocycles. The molecular weight excluding hydrogens is 524 g/mol. The maximum Gasteiger partial charge on any atom is 0.257 e. The predicted molar refractivity (Wildman–Crippen MR) is 127 cm³/mol. The molecule has 2 aromatic carbocycles. The number of nitrogens with one attached hydrogen (secondary N) is 1. The highest BCUT2D eigenvalue weighted by molar-refractivity contribution is 14.1. The van der Waals surface area contributed by atoms with Gasteiger partial charge in [-0.3, -0.25) is 9.59 Å². The van der Waals surface area contributed by atoms with Crippen molar-refractivity contribution in [2.75, 3.05) is 36.4 Å². The number of rotatable bonds is 4. The van der Waals surface area contributed by atoms with Crippen molar-refractivity contribution in [3.8, 4) is 0 Å². The summed E-state index contributed by atoms with van der Waals surface area (Å²) in [7, 11) is 0. The molecule has 5 nitrogen and oxygen atoms in total. The first kappa shape index (κ1) is 22.2. The lowest BCUT2D eigenvalue weighted by Crippen LogP contribution is -2.50. The summed E-state index contributed by atoms with van der Waals surface area (Å²) in [6, 6.07) is 10.7. The number of anilines is 2. The quantitative estimate of drug-likeness (QED) is 0.540. The van der Waals surface area contributed by atoms with E-state index in [2.05, 4.69) is 32.8 Å². The van der Waals surface area contributed by atoms with Gasteiger partial charge in [-0.1, -0.05) is 37.0 Å². The maximum absolute atomic E-state index is 12.8. The lowest BCUT2D eigenvalue weighted by atomic mass is 10.1. The molecule has 29 heavy (non-hydrogen) atoms. The van der Waals surface area contributed by atoms with Crippen LogP contribution in [0.15, 0.2) is 36.4 Å². The maximum atomic E-state index is 12.8. The van der Waals surface area contributed by atoms with Gasteiger partial charge in [0.25, 0.3) is 5.91 Å². The SMILES string of the molecule is CC(C)C(=O)N1CCN(c2ccc(Cl)cc2NC(=O)c2cc(I)ccc2Cl)CC1. The molecule has 0 spiro atoms. The Kier molecular flexibility index (Phi) is 7.29. The van der Waals surface area contributed by atoms with Gasteiger partial charge >= 0.3 is 0 Å². The number of piperazine rings is 1. The zero-order valence-corrected chi connectivity index (χ0v) is 19.9. The molecule has 154 valence electrons. The standard InChI is InChI=1S/C21H22Cl2IN3O2/c1-13(2)21(29)27-9-7-26(8-10-27)19-6-3-14(22)11-18(19)25-20(28)16-12-15(24)4-5-17(16)23/h3-6,11-13H,7-10H2,1-2H3,(H,25,28). The van der Waals surface area contributed by atoms with Gasteiger partial charge in [0.1, 0.15) is 0 Å². The van der Waals surface area contributed by atoms with Crippen LogP contribution in [0.1, 0.15) is 24.2 Å². The summed E-state index contributed by atoms with van der Waals surface area (Å²) in [6.07, 6.45) is 0. The molecule has 0 radical (unpaired) electrons. The van der Waals surface area contributed by atoms with Crippen molar-refractivity contribution in [1.82, 2.24) is 4.90 Å². The molecular formula is C21H22Cl2IN3O2. The van der Waals surface area contributed by atoms with Crippen LogP contribution >= 0.6 is 45.8 Å². The van der Waals surface area contributed by atoms with Gasteiger partial charge in [-0.2, -0.15) is 0 Å². The molecule has 1 fully saturated rings. The van der Waals surface area contributed by atoms with Crippen LogP contribution in [0.2, 0.25) is 10.0 Å². The van der Waals surface area contributed by atoms with Gasteiger partial charge in [0.2, 0.25) is 5.91 Å². The fraction of sp³-hybridized carbons (Fsp3) is 0.333. The smallest absolute Gasteiger partial charge is 0.257 e. The van der Waals surface area contributed by atoms with E-state index in [1.807, 2.05) is 30.9 Å². The van der Waals surface area contributed by atoms with E-state index in [0.29, 0.717) is 47.5 Å². The molecule has 0 saturated carbocycles. The molecule has 1 N–H and O–H groups in total. The van der Waals surface area contributed by atoms with Gasteiger partial charge in [0.15, 0.2) is 0 Å². The van der Waals surface area contributed by atoms with Crippen LogP contribution in [0.3, 0.4) is 0 Å². The Morgan fingerprint density at radius 3 is 2.38 bits per heavy atom. The van der Waals surface area contributed by atoms with Gasteiger partial charge in [-0.25, -0.2) is 0 Å². The van der Waals surface area contributed by atoms with Crippen molar-refractivity contribution in [3.63, 3.8) is 0 Å². The molecule has 2 aromatic rings. The second kappa shape index (κ2) is 9.53. The molecule has 1 aliphatic rings. The van der Waals surface area contributed by atoms with Crippen LogP contribution in [0.4, 0.5) is 11.4 Å². The Morgan fingerprint density at radius 1 is 1.03 bits per heavy atom. The first-order valence-corrected chi connectivity index (χ1v) is 11.2. The van der Waals surface area contributed by atoms with E-state index in [0.717, 1.165) is 9.26 Å².